The number of ether oxygens (including phenoxy) is 2. The van der Waals surface area contributed by atoms with Gasteiger partial charge in [0, 0.05) is 5.56 Å². The number of benzene rings is 2. The molecule has 0 saturated heterocycles. The lowest BCUT2D eigenvalue weighted by Crippen LogP contribution is -2.49. The molecule has 2 atom stereocenters. The van der Waals surface area contributed by atoms with Crippen LogP contribution in [-0.2, 0) is 5.67 Å². The zero-order valence-corrected chi connectivity index (χ0v) is 24.6. The fraction of sp³-hybridized carbons (Fsp3) is 0.400. The normalized spacial score (nSPS) is 15.4. The molecule has 0 aliphatic heterocycles. The van der Waals surface area contributed by atoms with E-state index in [9.17, 15) is 70.2 Å². The Bertz CT molecular complexity index is 1140. The summed E-state index contributed by atoms with van der Waals surface area (Å²) in [7, 11) is 0. The number of nitrogens with two attached hydrogens (primary N) is 2. The van der Waals surface area contributed by atoms with E-state index in [2.05, 4.69) is 9.47 Å². The number of nitrogen functional groups attached to an aromatic ring is 2. The molecule has 0 radical (unpaired) electrons. The van der Waals surface area contributed by atoms with Crippen LogP contribution in [0.25, 0.3) is 0 Å². The van der Waals surface area contributed by atoms with Crippen LogP contribution in [0.1, 0.15) is 5.56 Å². The molecule has 23 heteroatoms. The Hall–Kier alpha value is -2.04. The fourth-order valence-corrected chi connectivity index (χ4v) is 2.96. The maximum absolute atomic E-state index is 14.0. The largest absolute Gasteiger partial charge is 0.439 e. The average molecular weight is 857 g/mol. The summed E-state index contributed by atoms with van der Waals surface area (Å²) in [6.45, 7) is -6.30. The molecular weight excluding hydrogens is 844 g/mol. The number of hydrogen-bond acceptors (Lipinski definition) is 4. The van der Waals surface area contributed by atoms with Crippen molar-refractivity contribution in [3.63, 3.8) is 0 Å². The van der Waals surface area contributed by atoms with Crippen molar-refractivity contribution < 1.29 is 79.7 Å². The third-order valence-electron chi connectivity index (χ3n) is 4.26. The predicted octanol–water partition coefficient (Wildman–Crippen LogP) is 10.1. The number of anilines is 2. The first-order chi connectivity index (χ1) is 19.0. The average Bonchev–Trinajstić information content (AvgIpc) is 2.79. The first-order valence-electron chi connectivity index (χ1n) is 9.98. The van der Waals surface area contributed by atoms with E-state index in [1.54, 1.807) is 12.1 Å². The van der Waals surface area contributed by atoms with Gasteiger partial charge in [0.1, 0.15) is 11.5 Å². The van der Waals surface area contributed by atoms with Crippen molar-refractivity contribution >= 4 is 59.2 Å². The number of hydrogen-bond donors (Lipinski definition) is 2. The Labute approximate surface area is 255 Å². The molecule has 0 aliphatic carbocycles. The zero-order chi connectivity index (χ0) is 34.4. The number of para-hydroxylation sites is 2. The van der Waals surface area contributed by atoms with Gasteiger partial charge in [-0.1, -0.05) is 18.2 Å². The second-order valence-corrected chi connectivity index (χ2v) is 10.4. The standard InChI is InChI=1S/C10H6BrF8NO.C7H7F2NO.C3Br2F6/c11-9(15,16)8(14,10(17,18)19)4-1-2-5(20)6(3-4)21-7(12)13;8-7(9)11-6-4-2-1-3-5(6)10;4-1(6,2(5,7)8)3(9,10)11/h1-3,7H,20H2;1-4,7H,10H2;. The van der Waals surface area contributed by atoms with Crippen molar-refractivity contribution in [2.45, 2.75) is 45.5 Å². The van der Waals surface area contributed by atoms with Crippen LogP contribution in [-0.4, -0.2) is 39.8 Å². The molecule has 0 heterocycles. The molecular formula is C20H13Br3F16N2O2. The second-order valence-electron chi connectivity index (χ2n) is 7.27. The minimum atomic E-state index is -6.03. The van der Waals surface area contributed by atoms with Gasteiger partial charge >= 0.3 is 45.5 Å². The fourth-order valence-electron chi connectivity index (χ4n) is 2.28. The first kappa shape index (κ1) is 41.0. The molecule has 2 aromatic rings. The van der Waals surface area contributed by atoms with Crippen molar-refractivity contribution in [2.75, 3.05) is 11.5 Å². The number of rotatable bonds is 7. The van der Waals surface area contributed by atoms with E-state index in [0.29, 0.717) is 12.1 Å². The van der Waals surface area contributed by atoms with Crippen LogP contribution in [0.3, 0.4) is 0 Å². The van der Waals surface area contributed by atoms with Crippen molar-refractivity contribution in [3.05, 3.63) is 48.0 Å². The summed E-state index contributed by atoms with van der Waals surface area (Å²) in [4.78, 5) is -9.73. The Morgan fingerprint density at radius 3 is 1.30 bits per heavy atom. The molecule has 43 heavy (non-hydrogen) atoms. The van der Waals surface area contributed by atoms with E-state index in [1.807, 2.05) is 0 Å². The molecule has 0 amide bonds. The minimum Gasteiger partial charge on any atom is -0.433 e. The van der Waals surface area contributed by atoms with Gasteiger partial charge in [-0.3, -0.25) is 0 Å². The van der Waals surface area contributed by atoms with Crippen LogP contribution in [0.4, 0.5) is 81.6 Å². The van der Waals surface area contributed by atoms with E-state index in [0.717, 1.165) is 0 Å². The highest BCUT2D eigenvalue weighted by molar-refractivity contribution is 9.12. The van der Waals surface area contributed by atoms with Crippen molar-refractivity contribution in [1.82, 2.24) is 0 Å². The first-order valence-corrected chi connectivity index (χ1v) is 12.4. The van der Waals surface area contributed by atoms with E-state index >= 15 is 0 Å². The SMILES string of the molecule is FC(F)(F)C(F)(Br)C(F)(F)Br.Nc1ccc(C(F)(C(F)(F)F)C(F)(F)Br)cc1OC(F)F.Nc1ccccc1OC(F)F. The van der Waals surface area contributed by atoms with E-state index in [1.165, 1.54) is 59.9 Å². The molecule has 0 fully saturated rings. The number of alkyl halides is 19. The van der Waals surface area contributed by atoms with Crippen LogP contribution in [0.15, 0.2) is 42.5 Å². The monoisotopic (exact) mass is 854 g/mol. The zero-order valence-electron chi connectivity index (χ0n) is 19.8. The van der Waals surface area contributed by atoms with Crippen LogP contribution in [0.5, 0.6) is 11.5 Å². The summed E-state index contributed by atoms with van der Waals surface area (Å²) in [5, 5.41) is 0. The lowest BCUT2D eigenvalue weighted by atomic mass is 9.94. The molecule has 2 rings (SSSR count). The molecule has 0 aromatic heterocycles. The Balaban J connectivity index is 0.000000677. The summed E-state index contributed by atoms with van der Waals surface area (Å²) in [6.07, 6.45) is -11.7. The Morgan fingerprint density at radius 2 is 0.977 bits per heavy atom. The summed E-state index contributed by atoms with van der Waals surface area (Å²) < 4.78 is 198. The van der Waals surface area contributed by atoms with Gasteiger partial charge in [-0.05, 0) is 72.1 Å². The second kappa shape index (κ2) is 14.8. The highest BCUT2D eigenvalue weighted by atomic mass is 79.9. The summed E-state index contributed by atoms with van der Waals surface area (Å²) >= 11 is 3.81. The van der Waals surface area contributed by atoms with E-state index in [-0.39, 0.29) is 17.5 Å². The summed E-state index contributed by atoms with van der Waals surface area (Å²) in [6, 6.07) is 7.01. The molecule has 0 saturated carbocycles. The maximum Gasteiger partial charge on any atom is 0.439 e. The summed E-state index contributed by atoms with van der Waals surface area (Å²) in [5.41, 5.74) is 3.30. The van der Waals surface area contributed by atoms with Crippen LogP contribution in [0.2, 0.25) is 0 Å². The van der Waals surface area contributed by atoms with Crippen molar-refractivity contribution in [1.29, 1.82) is 0 Å². The summed E-state index contributed by atoms with van der Waals surface area (Å²) in [5.74, 6) is -1.03. The third kappa shape index (κ3) is 11.1. The quantitative estimate of drug-likeness (QED) is 0.165. The van der Waals surface area contributed by atoms with Crippen LogP contribution in [0, 0.1) is 0 Å². The van der Waals surface area contributed by atoms with Crippen molar-refractivity contribution in [3.8, 4) is 11.5 Å². The van der Waals surface area contributed by atoms with Gasteiger partial charge in [-0.25, -0.2) is 8.78 Å². The molecule has 0 aliphatic rings. The molecule has 0 spiro atoms. The maximum atomic E-state index is 14.0. The van der Waals surface area contributed by atoms with Gasteiger partial charge in [-0.2, -0.15) is 61.5 Å². The number of halogens is 19. The topological polar surface area (TPSA) is 70.5 Å². The van der Waals surface area contributed by atoms with Gasteiger partial charge < -0.3 is 20.9 Å². The van der Waals surface area contributed by atoms with E-state index in [4.69, 9.17) is 11.5 Å². The van der Waals surface area contributed by atoms with Gasteiger partial charge in [-0.15, -0.1) is 0 Å². The molecule has 2 aromatic carbocycles. The molecule has 2 unspecified atom stereocenters. The highest BCUT2D eigenvalue weighted by Crippen LogP contribution is 2.56. The smallest absolute Gasteiger partial charge is 0.433 e. The Kier molecular flexibility index (Phi) is 14.1. The lowest BCUT2D eigenvalue weighted by molar-refractivity contribution is -0.282. The van der Waals surface area contributed by atoms with Gasteiger partial charge in [0.15, 0.2) is 0 Å². The van der Waals surface area contributed by atoms with Crippen LogP contribution >= 0.6 is 47.8 Å². The lowest BCUT2D eigenvalue weighted by Gasteiger charge is -2.32. The molecule has 4 nitrogen and oxygen atoms in total. The van der Waals surface area contributed by atoms with Gasteiger partial charge in [0.05, 0.1) is 11.4 Å². The van der Waals surface area contributed by atoms with Gasteiger partial charge in [0.2, 0.25) is 0 Å². The van der Waals surface area contributed by atoms with E-state index < -0.39 is 62.5 Å². The van der Waals surface area contributed by atoms with Crippen LogP contribution < -0.4 is 20.9 Å². The molecule has 248 valence electrons. The third-order valence-corrected chi connectivity index (χ3v) is 6.83. The van der Waals surface area contributed by atoms with Crippen molar-refractivity contribution in [2.24, 2.45) is 0 Å². The van der Waals surface area contributed by atoms with Gasteiger partial charge in [0.25, 0.3) is 0 Å². The highest BCUT2D eigenvalue weighted by Gasteiger charge is 2.71. The Morgan fingerprint density at radius 1 is 0.558 bits per heavy atom. The predicted molar refractivity (Wildman–Crippen MR) is 130 cm³/mol. The minimum absolute atomic E-state index is 0.0162. The molecule has 0 bridgehead atoms. The molecule has 4 N–H and O–H groups in total.